The molecule has 1 heterocycles. The predicted molar refractivity (Wildman–Crippen MR) is 84.0 cm³/mol. The molecule has 5 nitrogen and oxygen atoms in total. The minimum absolute atomic E-state index is 0.241. The van der Waals surface area contributed by atoms with Crippen LogP contribution in [0.1, 0.15) is 31.4 Å². The first-order chi connectivity index (χ1) is 9.90. The fraction of sp³-hybridized carbons (Fsp3) is 0.600. The van der Waals surface area contributed by atoms with E-state index in [1.807, 2.05) is 12.1 Å². The van der Waals surface area contributed by atoms with Gasteiger partial charge in [0.15, 0.2) is 0 Å². The lowest BCUT2D eigenvalue weighted by Crippen LogP contribution is -2.45. The van der Waals surface area contributed by atoms with Crippen molar-refractivity contribution in [2.45, 2.75) is 31.8 Å². The number of sulfonamides is 1. The van der Waals surface area contributed by atoms with Crippen LogP contribution in [0.5, 0.6) is 5.75 Å². The van der Waals surface area contributed by atoms with E-state index in [9.17, 15) is 8.42 Å². The molecule has 0 radical (unpaired) electrons. The van der Waals surface area contributed by atoms with Gasteiger partial charge in [0, 0.05) is 25.2 Å². The lowest BCUT2D eigenvalue weighted by atomic mass is 10.0. The van der Waals surface area contributed by atoms with E-state index in [-0.39, 0.29) is 6.04 Å². The summed E-state index contributed by atoms with van der Waals surface area (Å²) in [6.45, 7) is 3.34. The molecule has 21 heavy (non-hydrogen) atoms. The second kappa shape index (κ2) is 6.77. The Balaban J connectivity index is 1.87. The van der Waals surface area contributed by atoms with Gasteiger partial charge in [-0.2, -0.15) is 0 Å². The molecule has 0 aliphatic carbocycles. The van der Waals surface area contributed by atoms with Crippen LogP contribution in [0.4, 0.5) is 0 Å². The van der Waals surface area contributed by atoms with Crippen molar-refractivity contribution >= 4 is 10.0 Å². The zero-order valence-electron chi connectivity index (χ0n) is 12.9. The zero-order chi connectivity index (χ0) is 15.5. The van der Waals surface area contributed by atoms with E-state index in [1.54, 1.807) is 11.4 Å². The molecule has 1 aliphatic heterocycles. The number of nitrogens with zero attached hydrogens (tertiary/aromatic N) is 1. The third kappa shape index (κ3) is 4.43. The van der Waals surface area contributed by atoms with Crippen molar-refractivity contribution in [1.29, 1.82) is 0 Å². The van der Waals surface area contributed by atoms with Gasteiger partial charge in [0.2, 0.25) is 10.0 Å². The van der Waals surface area contributed by atoms with E-state index >= 15 is 0 Å². The summed E-state index contributed by atoms with van der Waals surface area (Å²) in [5.41, 5.74) is 1.21. The largest absolute Gasteiger partial charge is 0.497 e. The highest BCUT2D eigenvalue weighted by Gasteiger charge is 2.25. The monoisotopic (exact) mass is 312 g/mol. The molecule has 0 bridgehead atoms. The van der Waals surface area contributed by atoms with Crippen molar-refractivity contribution in [3.05, 3.63) is 29.8 Å². The number of methoxy groups -OCH3 is 1. The summed E-state index contributed by atoms with van der Waals surface area (Å²) < 4.78 is 29.7. The van der Waals surface area contributed by atoms with Crippen LogP contribution < -0.4 is 10.1 Å². The van der Waals surface area contributed by atoms with E-state index in [4.69, 9.17) is 4.74 Å². The molecule has 6 heteroatoms. The molecular formula is C15H24N2O3S. The number of hydrogen-bond acceptors (Lipinski definition) is 4. The van der Waals surface area contributed by atoms with Gasteiger partial charge in [0.05, 0.1) is 13.4 Å². The maximum atomic E-state index is 11.5. The van der Waals surface area contributed by atoms with E-state index in [1.165, 1.54) is 11.8 Å². The Hall–Kier alpha value is -1.11. The normalized spacial score (nSPS) is 19.4. The third-order valence-electron chi connectivity index (χ3n) is 4.02. The smallest absolute Gasteiger partial charge is 0.211 e. The number of ether oxygens (including phenoxy) is 1. The van der Waals surface area contributed by atoms with Crippen molar-refractivity contribution in [3.63, 3.8) is 0 Å². The van der Waals surface area contributed by atoms with Gasteiger partial charge in [0.1, 0.15) is 5.75 Å². The molecule has 1 N–H and O–H groups in total. The molecule has 1 fully saturated rings. The fourth-order valence-corrected chi connectivity index (χ4v) is 3.57. The highest BCUT2D eigenvalue weighted by atomic mass is 32.2. The molecule has 0 amide bonds. The number of rotatable bonds is 5. The first-order valence-corrected chi connectivity index (χ1v) is 9.10. The Morgan fingerprint density at radius 2 is 1.81 bits per heavy atom. The predicted octanol–water partition coefficient (Wildman–Crippen LogP) is 1.77. The summed E-state index contributed by atoms with van der Waals surface area (Å²) in [5.74, 6) is 0.854. The second-order valence-corrected chi connectivity index (χ2v) is 7.58. The minimum Gasteiger partial charge on any atom is -0.497 e. The molecule has 1 atom stereocenters. The quantitative estimate of drug-likeness (QED) is 0.900. The summed E-state index contributed by atoms with van der Waals surface area (Å²) in [4.78, 5) is 0. The molecule has 1 saturated heterocycles. The van der Waals surface area contributed by atoms with Crippen LogP contribution >= 0.6 is 0 Å². The molecule has 1 unspecified atom stereocenters. The minimum atomic E-state index is -3.05. The average Bonchev–Trinajstić information content (AvgIpc) is 2.47. The van der Waals surface area contributed by atoms with Crippen LogP contribution in [-0.4, -0.2) is 45.2 Å². The van der Waals surface area contributed by atoms with E-state index in [0.29, 0.717) is 19.1 Å². The Labute approximate surface area is 127 Å². The Morgan fingerprint density at radius 3 is 2.29 bits per heavy atom. The van der Waals surface area contributed by atoms with Crippen molar-refractivity contribution < 1.29 is 13.2 Å². The van der Waals surface area contributed by atoms with Gasteiger partial charge < -0.3 is 10.1 Å². The first kappa shape index (κ1) is 16.3. The summed E-state index contributed by atoms with van der Waals surface area (Å²) in [5, 5.41) is 3.58. The standard InChI is InChI=1S/C15H24N2O3S/c1-12(13-4-6-15(20-2)7-5-13)16-14-8-10-17(11-9-14)21(3,18)19/h4-7,12,14,16H,8-11H2,1-3H3. The summed E-state index contributed by atoms with van der Waals surface area (Å²) in [6, 6.07) is 8.63. The topological polar surface area (TPSA) is 58.6 Å². The number of piperidine rings is 1. The van der Waals surface area contributed by atoms with Crippen LogP contribution in [0.3, 0.4) is 0 Å². The van der Waals surface area contributed by atoms with Gasteiger partial charge in [-0.1, -0.05) is 12.1 Å². The van der Waals surface area contributed by atoms with E-state index in [2.05, 4.69) is 24.4 Å². The summed E-state index contributed by atoms with van der Waals surface area (Å²) >= 11 is 0. The van der Waals surface area contributed by atoms with Crippen LogP contribution in [0.25, 0.3) is 0 Å². The lowest BCUT2D eigenvalue weighted by molar-refractivity contribution is 0.278. The lowest BCUT2D eigenvalue weighted by Gasteiger charge is -2.32. The molecule has 1 aliphatic rings. The van der Waals surface area contributed by atoms with Gasteiger partial charge >= 0.3 is 0 Å². The average molecular weight is 312 g/mol. The number of benzene rings is 1. The fourth-order valence-electron chi connectivity index (χ4n) is 2.70. The maximum Gasteiger partial charge on any atom is 0.211 e. The molecule has 118 valence electrons. The van der Waals surface area contributed by atoms with E-state index in [0.717, 1.165) is 18.6 Å². The van der Waals surface area contributed by atoms with Gasteiger partial charge in [-0.3, -0.25) is 0 Å². The summed E-state index contributed by atoms with van der Waals surface area (Å²) in [6.07, 6.45) is 2.99. The van der Waals surface area contributed by atoms with Crippen molar-refractivity contribution in [2.24, 2.45) is 0 Å². The Kier molecular flexibility index (Phi) is 5.24. The highest BCUT2D eigenvalue weighted by molar-refractivity contribution is 7.88. The molecular weight excluding hydrogens is 288 g/mol. The first-order valence-electron chi connectivity index (χ1n) is 7.25. The molecule has 1 aromatic rings. The summed E-state index contributed by atoms with van der Waals surface area (Å²) in [7, 11) is -1.39. The molecule has 1 aromatic carbocycles. The third-order valence-corrected chi connectivity index (χ3v) is 5.33. The highest BCUT2D eigenvalue weighted by Crippen LogP contribution is 2.20. The Morgan fingerprint density at radius 1 is 1.24 bits per heavy atom. The van der Waals surface area contributed by atoms with Crippen molar-refractivity contribution in [3.8, 4) is 5.75 Å². The Bertz CT molecular complexity index is 549. The maximum absolute atomic E-state index is 11.5. The van der Waals surface area contributed by atoms with Crippen molar-refractivity contribution in [2.75, 3.05) is 26.5 Å². The van der Waals surface area contributed by atoms with Crippen LogP contribution in [0.2, 0.25) is 0 Å². The van der Waals surface area contributed by atoms with Crippen LogP contribution in [0, 0.1) is 0 Å². The molecule has 2 rings (SSSR count). The van der Waals surface area contributed by atoms with Crippen LogP contribution in [0.15, 0.2) is 24.3 Å². The van der Waals surface area contributed by atoms with Gasteiger partial charge in [-0.15, -0.1) is 0 Å². The molecule has 0 spiro atoms. The number of hydrogen-bond donors (Lipinski definition) is 1. The SMILES string of the molecule is COc1ccc(C(C)NC2CCN(S(C)(=O)=O)CC2)cc1. The zero-order valence-corrected chi connectivity index (χ0v) is 13.7. The molecule has 0 aromatic heterocycles. The number of nitrogens with one attached hydrogen (secondary N) is 1. The van der Waals surface area contributed by atoms with Gasteiger partial charge in [-0.05, 0) is 37.5 Å². The van der Waals surface area contributed by atoms with Gasteiger partial charge in [-0.25, -0.2) is 12.7 Å². The van der Waals surface area contributed by atoms with Crippen LogP contribution in [-0.2, 0) is 10.0 Å². The van der Waals surface area contributed by atoms with Crippen molar-refractivity contribution in [1.82, 2.24) is 9.62 Å². The van der Waals surface area contributed by atoms with E-state index < -0.39 is 10.0 Å². The molecule has 0 saturated carbocycles. The van der Waals surface area contributed by atoms with Gasteiger partial charge in [0.25, 0.3) is 0 Å². The second-order valence-electron chi connectivity index (χ2n) is 5.60.